The molecule has 0 amide bonds. The van der Waals surface area contributed by atoms with Crippen molar-refractivity contribution in [3.8, 4) is 0 Å². The second kappa shape index (κ2) is 2.37. The lowest BCUT2D eigenvalue weighted by molar-refractivity contribution is -0.158. The van der Waals surface area contributed by atoms with Gasteiger partial charge in [-0.15, -0.1) is 0 Å². The summed E-state index contributed by atoms with van der Waals surface area (Å²) in [7, 11) is 0. The number of hydrogen-bond acceptors (Lipinski definition) is 4. The largest absolute Gasteiger partial charge is 0.456 e. The van der Waals surface area contributed by atoms with Crippen LogP contribution < -0.4 is 0 Å². The van der Waals surface area contributed by atoms with Crippen LogP contribution in [0.2, 0.25) is 0 Å². The van der Waals surface area contributed by atoms with Gasteiger partial charge in [-0.25, -0.2) is 0 Å². The highest BCUT2D eigenvalue weighted by atomic mass is 16.6. The smallest absolute Gasteiger partial charge is 0.313 e. The van der Waals surface area contributed by atoms with Crippen LogP contribution in [0.3, 0.4) is 0 Å². The lowest BCUT2D eigenvalue weighted by atomic mass is 9.78. The van der Waals surface area contributed by atoms with E-state index in [0.29, 0.717) is 0 Å². The monoisotopic (exact) mass is 198 g/mol. The van der Waals surface area contributed by atoms with Crippen LogP contribution in [0.5, 0.6) is 0 Å². The van der Waals surface area contributed by atoms with E-state index in [1.165, 1.54) is 0 Å². The Labute approximate surface area is 82.2 Å². The minimum Gasteiger partial charge on any atom is -0.456 e. The molecule has 1 saturated heterocycles. The highest BCUT2D eigenvalue weighted by molar-refractivity contribution is 6.00. The second-order valence-electron chi connectivity index (χ2n) is 4.78. The maximum absolute atomic E-state index is 11.7. The number of cyclic esters (lactones) is 1. The molecule has 0 aromatic rings. The molecule has 1 aliphatic carbocycles. The molecule has 2 aliphatic rings. The molecule has 3 atom stereocenters. The maximum Gasteiger partial charge on any atom is 0.313 e. The summed E-state index contributed by atoms with van der Waals surface area (Å²) in [5, 5.41) is 10.3. The Morgan fingerprint density at radius 1 is 1.43 bits per heavy atom. The lowest BCUT2D eigenvalue weighted by Gasteiger charge is -2.31. The number of aliphatic hydroxyl groups is 1. The van der Waals surface area contributed by atoms with Gasteiger partial charge in [-0.2, -0.15) is 0 Å². The zero-order valence-electron chi connectivity index (χ0n) is 8.53. The maximum atomic E-state index is 11.7. The molecule has 14 heavy (non-hydrogen) atoms. The fourth-order valence-electron chi connectivity index (χ4n) is 2.66. The number of rotatable bonds is 0. The third-order valence-corrected chi connectivity index (χ3v) is 3.48. The van der Waals surface area contributed by atoms with Crippen LogP contribution in [-0.4, -0.2) is 28.1 Å². The van der Waals surface area contributed by atoms with Gasteiger partial charge in [0.15, 0.2) is 11.4 Å². The van der Waals surface area contributed by atoms with Crippen molar-refractivity contribution < 1.29 is 19.4 Å². The lowest BCUT2D eigenvalue weighted by Crippen LogP contribution is -2.53. The molecular formula is C10H14O4. The Hall–Kier alpha value is -0.900. The topological polar surface area (TPSA) is 63.6 Å². The Bertz CT molecular complexity index is 320. The summed E-state index contributed by atoms with van der Waals surface area (Å²) in [4.78, 5) is 23.2. The molecule has 0 bridgehead atoms. The average Bonchev–Trinajstić information content (AvgIpc) is 2.32. The van der Waals surface area contributed by atoms with Crippen molar-refractivity contribution in [3.63, 3.8) is 0 Å². The molecule has 4 heteroatoms. The number of carbonyl (C=O) groups excluding carboxylic acids is 2. The first-order valence-electron chi connectivity index (χ1n) is 4.79. The van der Waals surface area contributed by atoms with Crippen LogP contribution in [0.1, 0.15) is 27.2 Å². The van der Waals surface area contributed by atoms with Gasteiger partial charge in [0.05, 0.1) is 5.92 Å². The molecule has 0 radical (unpaired) electrons. The molecule has 0 unspecified atom stereocenters. The van der Waals surface area contributed by atoms with Crippen LogP contribution in [0.15, 0.2) is 0 Å². The van der Waals surface area contributed by atoms with E-state index in [9.17, 15) is 14.7 Å². The SMILES string of the molecule is C[C@@H]1CC(=O)[C@@]2(O)[C@@H]1C(=O)OC2(C)C. The predicted molar refractivity (Wildman–Crippen MR) is 47.4 cm³/mol. The fraction of sp³-hybridized carbons (Fsp3) is 0.800. The second-order valence-corrected chi connectivity index (χ2v) is 4.78. The molecule has 2 fully saturated rings. The fourth-order valence-corrected chi connectivity index (χ4v) is 2.66. The zero-order chi connectivity index (χ0) is 10.7. The van der Waals surface area contributed by atoms with Crippen molar-refractivity contribution in [2.75, 3.05) is 0 Å². The van der Waals surface area contributed by atoms with E-state index < -0.39 is 23.1 Å². The molecule has 4 nitrogen and oxygen atoms in total. The molecule has 1 N–H and O–H groups in total. The molecule has 0 aromatic carbocycles. The first-order chi connectivity index (χ1) is 6.30. The Balaban J connectivity index is 2.54. The van der Waals surface area contributed by atoms with Crippen molar-refractivity contribution in [3.05, 3.63) is 0 Å². The minimum absolute atomic E-state index is 0.123. The number of carbonyl (C=O) groups is 2. The predicted octanol–water partition coefficient (Wildman–Crippen LogP) is 0.278. The highest BCUT2D eigenvalue weighted by Crippen LogP contribution is 2.50. The molecular weight excluding hydrogens is 184 g/mol. The van der Waals surface area contributed by atoms with Gasteiger partial charge in [-0.05, 0) is 19.8 Å². The molecule has 78 valence electrons. The van der Waals surface area contributed by atoms with Crippen molar-refractivity contribution in [2.45, 2.75) is 38.4 Å². The van der Waals surface area contributed by atoms with Gasteiger partial charge in [0.2, 0.25) is 0 Å². The summed E-state index contributed by atoms with van der Waals surface area (Å²) in [6.45, 7) is 4.96. The van der Waals surface area contributed by atoms with E-state index in [4.69, 9.17) is 4.74 Å². The van der Waals surface area contributed by atoms with Crippen molar-refractivity contribution in [1.29, 1.82) is 0 Å². The minimum atomic E-state index is -1.61. The standard InChI is InChI=1S/C10H14O4/c1-5-4-6(11)10(13)7(5)8(12)14-9(10,2)3/h5,7,13H,4H2,1-3H3/t5-,7+,10-/m1/s1. The number of ether oxygens (including phenoxy) is 1. The average molecular weight is 198 g/mol. The molecule has 2 rings (SSSR count). The summed E-state index contributed by atoms with van der Waals surface area (Å²) >= 11 is 0. The number of hydrogen-bond donors (Lipinski definition) is 1. The summed E-state index contributed by atoms with van der Waals surface area (Å²) in [5.41, 5.74) is -2.69. The van der Waals surface area contributed by atoms with Gasteiger partial charge in [0.25, 0.3) is 0 Å². The van der Waals surface area contributed by atoms with Gasteiger partial charge in [0.1, 0.15) is 5.60 Å². The number of Topliss-reactive ketones (excluding diaryl/α,β-unsaturated/α-hetero) is 1. The van der Waals surface area contributed by atoms with Crippen LogP contribution in [0, 0.1) is 11.8 Å². The van der Waals surface area contributed by atoms with Gasteiger partial charge in [-0.1, -0.05) is 6.92 Å². The van der Waals surface area contributed by atoms with Crippen LogP contribution in [0.4, 0.5) is 0 Å². The van der Waals surface area contributed by atoms with E-state index in [2.05, 4.69) is 0 Å². The van der Waals surface area contributed by atoms with Gasteiger partial charge < -0.3 is 9.84 Å². The normalized spacial score (nSPS) is 45.1. The third-order valence-electron chi connectivity index (χ3n) is 3.48. The highest BCUT2D eigenvalue weighted by Gasteiger charge is 2.70. The van der Waals surface area contributed by atoms with Crippen molar-refractivity contribution >= 4 is 11.8 Å². The summed E-state index contributed by atoms with van der Waals surface area (Å²) in [5.74, 6) is -1.52. The number of esters is 1. The van der Waals surface area contributed by atoms with Crippen LogP contribution in [-0.2, 0) is 14.3 Å². The van der Waals surface area contributed by atoms with Gasteiger partial charge >= 0.3 is 5.97 Å². The van der Waals surface area contributed by atoms with Crippen molar-refractivity contribution in [2.24, 2.45) is 11.8 Å². The van der Waals surface area contributed by atoms with Crippen LogP contribution in [0.25, 0.3) is 0 Å². The molecule has 1 aliphatic heterocycles. The molecule has 0 aromatic heterocycles. The van der Waals surface area contributed by atoms with E-state index in [-0.39, 0.29) is 18.1 Å². The molecule has 1 saturated carbocycles. The summed E-state index contributed by atoms with van der Waals surface area (Å²) < 4.78 is 5.05. The Morgan fingerprint density at radius 2 is 2.00 bits per heavy atom. The third kappa shape index (κ3) is 0.823. The van der Waals surface area contributed by atoms with Crippen molar-refractivity contribution in [1.82, 2.24) is 0 Å². The number of fused-ring (bicyclic) bond motifs is 1. The van der Waals surface area contributed by atoms with Gasteiger partial charge in [-0.3, -0.25) is 9.59 Å². The Kier molecular flexibility index (Phi) is 1.63. The van der Waals surface area contributed by atoms with Crippen LogP contribution >= 0.6 is 0 Å². The first-order valence-corrected chi connectivity index (χ1v) is 4.79. The Morgan fingerprint density at radius 3 is 2.50 bits per heavy atom. The number of ketones is 1. The van der Waals surface area contributed by atoms with E-state index in [1.54, 1.807) is 20.8 Å². The van der Waals surface area contributed by atoms with E-state index in [1.807, 2.05) is 0 Å². The first kappa shape index (κ1) is 9.65. The van der Waals surface area contributed by atoms with E-state index in [0.717, 1.165) is 0 Å². The summed E-state index contributed by atoms with van der Waals surface area (Å²) in [6, 6.07) is 0. The molecule has 1 heterocycles. The molecule has 0 spiro atoms. The summed E-state index contributed by atoms with van der Waals surface area (Å²) in [6.07, 6.45) is 0.264. The van der Waals surface area contributed by atoms with E-state index >= 15 is 0 Å². The van der Waals surface area contributed by atoms with Gasteiger partial charge in [0, 0.05) is 6.42 Å². The zero-order valence-corrected chi connectivity index (χ0v) is 8.53. The quantitative estimate of drug-likeness (QED) is 0.568.